The van der Waals surface area contributed by atoms with Crippen molar-refractivity contribution in [3.05, 3.63) is 137 Å². The smallest absolute Gasteiger partial charge is 0.410 e. The summed E-state index contributed by atoms with van der Waals surface area (Å²) in [5, 5.41) is 27.8. The van der Waals surface area contributed by atoms with E-state index in [1.54, 1.807) is 75.4 Å². The fourth-order valence-electron chi connectivity index (χ4n) is 5.36. The topological polar surface area (TPSA) is 137 Å². The molecule has 0 aliphatic carbocycles. The Balaban J connectivity index is 1.73. The first-order valence-electron chi connectivity index (χ1n) is 16.3. The fraction of sp³-hybridized carbons (Fsp3) is 0.308. The first kappa shape index (κ1) is 38.6. The fourth-order valence-corrected chi connectivity index (χ4v) is 5.36. The van der Waals surface area contributed by atoms with E-state index in [0.717, 1.165) is 17.7 Å². The average Bonchev–Trinajstić information content (AvgIpc) is 3.07. The molecule has 3 amide bonds. The van der Waals surface area contributed by atoms with Gasteiger partial charge >= 0.3 is 6.09 Å². The van der Waals surface area contributed by atoms with Crippen molar-refractivity contribution in [1.29, 1.82) is 0 Å². The summed E-state index contributed by atoms with van der Waals surface area (Å²) in [6.07, 6.45) is -3.95. The summed E-state index contributed by atoms with van der Waals surface area (Å²) < 4.78 is 40.2. The van der Waals surface area contributed by atoms with Crippen LogP contribution in [0.2, 0.25) is 0 Å². The van der Waals surface area contributed by atoms with Crippen molar-refractivity contribution in [2.24, 2.45) is 0 Å². The second kappa shape index (κ2) is 16.7. The Morgan fingerprint density at radius 2 is 1.41 bits per heavy atom. The van der Waals surface area contributed by atoms with Gasteiger partial charge in [-0.15, -0.1) is 0 Å². The standard InChI is InChI=1S/C39H43F2N3O7/c1-25(45)29-18-30(20-33(19-29)42-35(47)28-14-10-7-11-15-28)36(48)43-39(50-5,22-27-16-31(40)21-32(41)17-27)34(46)24-44(37(49)51-38(2,3)4)23-26-12-8-6-9-13-26/h6-21,25,34,45-46H,22-24H2,1-5H3,(H,42,47)(H,43,48)/t25?,34-,39+/m1/s1. The number of ether oxygens (including phenoxy) is 2. The van der Waals surface area contributed by atoms with Crippen molar-refractivity contribution in [3.8, 4) is 0 Å². The molecule has 0 heterocycles. The van der Waals surface area contributed by atoms with Gasteiger partial charge in [-0.25, -0.2) is 13.6 Å². The van der Waals surface area contributed by atoms with Crippen LogP contribution < -0.4 is 10.6 Å². The summed E-state index contributed by atoms with van der Waals surface area (Å²) in [7, 11) is 1.20. The number of hydrogen-bond donors (Lipinski definition) is 4. The van der Waals surface area contributed by atoms with Crippen molar-refractivity contribution in [2.75, 3.05) is 19.0 Å². The molecule has 0 saturated heterocycles. The second-order valence-corrected chi connectivity index (χ2v) is 13.2. The van der Waals surface area contributed by atoms with Gasteiger partial charge in [0.1, 0.15) is 23.3 Å². The van der Waals surface area contributed by atoms with Crippen LogP contribution in [0, 0.1) is 11.6 Å². The van der Waals surface area contributed by atoms with E-state index in [-0.39, 0.29) is 23.4 Å². The van der Waals surface area contributed by atoms with Crippen molar-refractivity contribution in [1.82, 2.24) is 10.2 Å². The molecule has 1 unspecified atom stereocenters. The zero-order valence-corrected chi connectivity index (χ0v) is 29.2. The third-order valence-corrected chi connectivity index (χ3v) is 7.87. The number of hydrogen-bond acceptors (Lipinski definition) is 7. The lowest BCUT2D eigenvalue weighted by molar-refractivity contribution is -0.125. The SMILES string of the molecule is CO[C@](Cc1cc(F)cc(F)c1)(NC(=O)c1cc(NC(=O)c2ccccc2)cc(C(C)O)c1)[C@H](O)CN(Cc1ccccc1)C(=O)OC(C)(C)C. The Kier molecular flexibility index (Phi) is 12.6. The van der Waals surface area contributed by atoms with Crippen LogP contribution >= 0.6 is 0 Å². The van der Waals surface area contributed by atoms with Crippen molar-refractivity contribution < 1.29 is 42.9 Å². The molecule has 0 aromatic heterocycles. The molecular formula is C39H43F2N3O7. The van der Waals surface area contributed by atoms with Gasteiger partial charge in [0, 0.05) is 43.0 Å². The molecule has 0 bridgehead atoms. The maximum Gasteiger partial charge on any atom is 0.410 e. The first-order chi connectivity index (χ1) is 24.1. The molecular weight excluding hydrogens is 660 g/mol. The highest BCUT2D eigenvalue weighted by Crippen LogP contribution is 2.26. The van der Waals surface area contributed by atoms with E-state index in [9.17, 15) is 33.4 Å². The Bertz CT molecular complexity index is 1800. The summed E-state index contributed by atoms with van der Waals surface area (Å²) in [5.41, 5.74) is -1.40. The van der Waals surface area contributed by atoms with Gasteiger partial charge in [0.25, 0.3) is 11.8 Å². The molecule has 12 heteroatoms. The van der Waals surface area contributed by atoms with Gasteiger partial charge in [0.2, 0.25) is 0 Å². The van der Waals surface area contributed by atoms with Crippen molar-refractivity contribution in [2.45, 2.75) is 64.2 Å². The normalized spacial score (nSPS) is 13.7. The molecule has 4 aromatic rings. The third kappa shape index (κ3) is 10.9. The Morgan fingerprint density at radius 1 is 0.804 bits per heavy atom. The maximum absolute atomic E-state index is 14.4. The van der Waals surface area contributed by atoms with E-state index < -0.39 is 66.0 Å². The highest BCUT2D eigenvalue weighted by molar-refractivity contribution is 6.05. The molecule has 4 rings (SSSR count). The molecule has 0 radical (unpaired) electrons. The number of benzene rings is 4. The van der Waals surface area contributed by atoms with E-state index in [4.69, 9.17) is 9.47 Å². The number of nitrogens with one attached hydrogen (secondary N) is 2. The van der Waals surface area contributed by atoms with Crippen LogP contribution in [0.5, 0.6) is 0 Å². The van der Waals surface area contributed by atoms with Crippen LogP contribution in [0.1, 0.15) is 71.2 Å². The van der Waals surface area contributed by atoms with E-state index in [0.29, 0.717) is 17.2 Å². The minimum Gasteiger partial charge on any atom is -0.444 e. The van der Waals surface area contributed by atoms with Crippen LogP contribution in [-0.4, -0.2) is 64.1 Å². The molecule has 10 nitrogen and oxygen atoms in total. The molecule has 4 aromatic carbocycles. The largest absolute Gasteiger partial charge is 0.444 e. The summed E-state index contributed by atoms with van der Waals surface area (Å²) in [6, 6.07) is 24.4. The number of carbonyl (C=O) groups excluding carboxylic acids is 3. The monoisotopic (exact) mass is 703 g/mol. The van der Waals surface area contributed by atoms with Gasteiger partial charge in [-0.3, -0.25) is 9.59 Å². The summed E-state index contributed by atoms with van der Waals surface area (Å²) >= 11 is 0. The van der Waals surface area contributed by atoms with Gasteiger partial charge in [-0.1, -0.05) is 48.5 Å². The second-order valence-electron chi connectivity index (χ2n) is 13.2. The molecule has 51 heavy (non-hydrogen) atoms. The highest BCUT2D eigenvalue weighted by Gasteiger charge is 2.42. The number of anilines is 1. The third-order valence-electron chi connectivity index (χ3n) is 7.87. The molecule has 0 fully saturated rings. The first-order valence-corrected chi connectivity index (χ1v) is 16.3. The molecule has 4 N–H and O–H groups in total. The highest BCUT2D eigenvalue weighted by atomic mass is 19.1. The number of methoxy groups -OCH3 is 1. The molecule has 0 aliphatic heterocycles. The van der Waals surface area contributed by atoms with E-state index in [1.807, 2.05) is 6.07 Å². The number of rotatable bonds is 13. The maximum atomic E-state index is 14.4. The lowest BCUT2D eigenvalue weighted by Crippen LogP contribution is -2.62. The van der Waals surface area contributed by atoms with Crippen LogP contribution in [0.15, 0.2) is 97.1 Å². The van der Waals surface area contributed by atoms with Crippen molar-refractivity contribution in [3.63, 3.8) is 0 Å². The number of aliphatic hydroxyl groups excluding tert-OH is 2. The van der Waals surface area contributed by atoms with Gasteiger partial charge in [-0.05, 0) is 86.8 Å². The zero-order valence-electron chi connectivity index (χ0n) is 29.2. The van der Waals surface area contributed by atoms with Gasteiger partial charge in [0.05, 0.1) is 12.6 Å². The Morgan fingerprint density at radius 3 is 1.98 bits per heavy atom. The van der Waals surface area contributed by atoms with Crippen LogP contribution in [0.4, 0.5) is 19.3 Å². The summed E-state index contributed by atoms with van der Waals surface area (Å²) in [6.45, 7) is 6.13. The number of aliphatic hydroxyl groups is 2. The minimum atomic E-state index is -2.08. The van der Waals surface area contributed by atoms with Crippen LogP contribution in [0.25, 0.3) is 0 Å². The number of nitrogens with zero attached hydrogens (tertiary/aromatic N) is 1. The quantitative estimate of drug-likeness (QED) is 0.119. The summed E-state index contributed by atoms with van der Waals surface area (Å²) in [4.78, 5) is 41.7. The molecule has 270 valence electrons. The van der Waals surface area contributed by atoms with Gasteiger partial charge in [0.15, 0.2) is 5.72 Å². The molecule has 3 atom stereocenters. The zero-order chi connectivity index (χ0) is 37.3. The average molecular weight is 704 g/mol. The Hall–Kier alpha value is -5.17. The predicted molar refractivity (Wildman–Crippen MR) is 188 cm³/mol. The number of halogens is 2. The van der Waals surface area contributed by atoms with Gasteiger partial charge in [-0.2, -0.15) is 0 Å². The number of carbonyl (C=O) groups is 3. The lowest BCUT2D eigenvalue weighted by Gasteiger charge is -2.40. The Labute approximate surface area is 296 Å². The number of amides is 3. The van der Waals surface area contributed by atoms with Gasteiger partial charge < -0.3 is 35.2 Å². The van der Waals surface area contributed by atoms with E-state index in [1.165, 1.54) is 37.1 Å². The van der Waals surface area contributed by atoms with E-state index >= 15 is 0 Å². The van der Waals surface area contributed by atoms with Crippen LogP contribution in [-0.2, 0) is 22.4 Å². The van der Waals surface area contributed by atoms with Crippen molar-refractivity contribution >= 4 is 23.6 Å². The van der Waals surface area contributed by atoms with Crippen LogP contribution in [0.3, 0.4) is 0 Å². The lowest BCUT2D eigenvalue weighted by atomic mass is 9.94. The molecule has 0 aliphatic rings. The molecule has 0 spiro atoms. The summed E-state index contributed by atoms with van der Waals surface area (Å²) in [5.74, 6) is -3.06. The predicted octanol–water partition coefficient (Wildman–Crippen LogP) is 6.38. The molecule has 0 saturated carbocycles. The minimum absolute atomic E-state index is 0.00997. The van der Waals surface area contributed by atoms with E-state index in [2.05, 4.69) is 10.6 Å².